The maximum absolute atomic E-state index is 12.6. The van der Waals surface area contributed by atoms with Crippen molar-refractivity contribution in [1.82, 2.24) is 15.2 Å². The first-order valence-electron chi connectivity index (χ1n) is 9.10. The van der Waals surface area contributed by atoms with Crippen LogP contribution in [0.2, 0.25) is 0 Å². The van der Waals surface area contributed by atoms with Gasteiger partial charge in [-0.05, 0) is 54.4 Å². The molecule has 4 rings (SSSR count). The number of hydrogen-bond donors (Lipinski definition) is 2. The van der Waals surface area contributed by atoms with Crippen LogP contribution in [0.15, 0.2) is 76.8 Å². The number of sulfone groups is 1. The summed E-state index contributed by atoms with van der Waals surface area (Å²) in [5.41, 5.74) is 2.21. The number of rotatable bonds is 7. The molecular weight excluding hydrogens is 388 g/mol. The third kappa shape index (κ3) is 3.93. The summed E-state index contributed by atoms with van der Waals surface area (Å²) < 4.78 is 30.4. The Hall–Kier alpha value is -3.39. The van der Waals surface area contributed by atoms with Crippen LogP contribution in [0, 0.1) is 0 Å². The highest BCUT2D eigenvalue weighted by molar-refractivity contribution is 7.91. The topological polar surface area (TPSA) is 97.0 Å². The Morgan fingerprint density at radius 3 is 2.59 bits per heavy atom. The number of aromatic amines is 1. The summed E-state index contributed by atoms with van der Waals surface area (Å²) >= 11 is 0. The molecule has 0 unspecified atom stereocenters. The Morgan fingerprint density at radius 1 is 1.03 bits per heavy atom. The van der Waals surface area contributed by atoms with Crippen molar-refractivity contribution in [2.75, 3.05) is 19.0 Å². The molecule has 0 radical (unpaired) electrons. The molecule has 2 aromatic heterocycles. The van der Waals surface area contributed by atoms with Crippen LogP contribution in [-0.4, -0.2) is 37.3 Å². The molecule has 7 nitrogen and oxygen atoms in total. The molecule has 0 fully saturated rings. The van der Waals surface area contributed by atoms with Gasteiger partial charge in [-0.15, -0.1) is 10.2 Å². The van der Waals surface area contributed by atoms with Gasteiger partial charge >= 0.3 is 0 Å². The molecule has 0 aliphatic carbocycles. The Labute approximate surface area is 168 Å². The van der Waals surface area contributed by atoms with Crippen molar-refractivity contribution < 1.29 is 13.2 Å². The first-order valence-corrected chi connectivity index (χ1v) is 10.6. The van der Waals surface area contributed by atoms with Crippen LogP contribution in [0.1, 0.15) is 5.56 Å². The Morgan fingerprint density at radius 2 is 1.86 bits per heavy atom. The van der Waals surface area contributed by atoms with Gasteiger partial charge in [-0.1, -0.05) is 18.2 Å². The van der Waals surface area contributed by atoms with Crippen LogP contribution < -0.4 is 10.1 Å². The molecule has 148 valence electrons. The SMILES string of the molecule is COc1ccc2[nH]cc(CCNc3ccc(S(=O)(=O)c4ccccc4)nn3)c2c1. The average Bonchev–Trinajstić information content (AvgIpc) is 3.17. The maximum Gasteiger partial charge on any atom is 0.225 e. The third-order valence-electron chi connectivity index (χ3n) is 4.64. The average molecular weight is 408 g/mol. The molecule has 0 aliphatic rings. The molecule has 0 aliphatic heterocycles. The zero-order valence-corrected chi connectivity index (χ0v) is 16.6. The van der Waals surface area contributed by atoms with Gasteiger partial charge in [-0.2, -0.15) is 0 Å². The van der Waals surface area contributed by atoms with Crippen LogP contribution in [0.25, 0.3) is 10.9 Å². The second-order valence-electron chi connectivity index (χ2n) is 6.48. The second kappa shape index (κ2) is 7.92. The fourth-order valence-corrected chi connectivity index (χ4v) is 4.25. The van der Waals surface area contributed by atoms with Crippen molar-refractivity contribution in [2.24, 2.45) is 0 Å². The van der Waals surface area contributed by atoms with Crippen molar-refractivity contribution in [3.05, 3.63) is 72.4 Å². The van der Waals surface area contributed by atoms with Crippen molar-refractivity contribution in [1.29, 1.82) is 0 Å². The fraction of sp³-hybridized carbons (Fsp3) is 0.143. The molecule has 8 heteroatoms. The van der Waals surface area contributed by atoms with Crippen LogP contribution in [0.5, 0.6) is 5.75 Å². The van der Waals surface area contributed by atoms with Gasteiger partial charge in [0.05, 0.1) is 12.0 Å². The molecule has 29 heavy (non-hydrogen) atoms. The first-order chi connectivity index (χ1) is 14.1. The normalized spacial score (nSPS) is 11.5. The first kappa shape index (κ1) is 18.9. The molecular formula is C21H20N4O3S. The molecule has 0 amide bonds. The van der Waals surface area contributed by atoms with Crippen molar-refractivity contribution in [3.8, 4) is 5.75 Å². The number of methoxy groups -OCH3 is 1. The monoisotopic (exact) mass is 408 g/mol. The Kier molecular flexibility index (Phi) is 5.18. The quantitative estimate of drug-likeness (QED) is 0.486. The zero-order chi connectivity index (χ0) is 20.3. The molecule has 0 bridgehead atoms. The van der Waals surface area contributed by atoms with E-state index in [1.807, 2.05) is 24.4 Å². The lowest BCUT2D eigenvalue weighted by atomic mass is 10.1. The highest BCUT2D eigenvalue weighted by Crippen LogP contribution is 2.24. The number of benzene rings is 2. The van der Waals surface area contributed by atoms with Crippen LogP contribution in [-0.2, 0) is 16.3 Å². The van der Waals surface area contributed by atoms with E-state index in [9.17, 15) is 8.42 Å². The number of anilines is 1. The van der Waals surface area contributed by atoms with E-state index in [-0.39, 0.29) is 9.92 Å². The molecule has 2 N–H and O–H groups in total. The summed E-state index contributed by atoms with van der Waals surface area (Å²) in [7, 11) is -2.01. The highest BCUT2D eigenvalue weighted by atomic mass is 32.2. The van der Waals surface area contributed by atoms with Gasteiger partial charge in [0.1, 0.15) is 11.6 Å². The lowest BCUT2D eigenvalue weighted by Crippen LogP contribution is -2.09. The predicted molar refractivity (Wildman–Crippen MR) is 111 cm³/mol. The van der Waals surface area contributed by atoms with Gasteiger partial charge in [0.2, 0.25) is 9.84 Å². The molecule has 0 saturated carbocycles. The van der Waals surface area contributed by atoms with E-state index in [1.165, 1.54) is 6.07 Å². The number of ether oxygens (including phenoxy) is 1. The van der Waals surface area contributed by atoms with Gasteiger partial charge in [0, 0.05) is 23.6 Å². The van der Waals surface area contributed by atoms with E-state index in [1.54, 1.807) is 43.5 Å². The maximum atomic E-state index is 12.6. The lowest BCUT2D eigenvalue weighted by Gasteiger charge is -2.07. The molecule has 4 aromatic rings. The summed E-state index contributed by atoms with van der Waals surface area (Å²) in [5, 5.41) is 12.1. The minimum absolute atomic E-state index is 0.0713. The van der Waals surface area contributed by atoms with Crippen molar-refractivity contribution in [3.63, 3.8) is 0 Å². The van der Waals surface area contributed by atoms with E-state index in [0.717, 1.165) is 28.6 Å². The molecule has 2 heterocycles. The second-order valence-corrected chi connectivity index (χ2v) is 8.37. The summed E-state index contributed by atoms with van der Waals surface area (Å²) in [4.78, 5) is 3.45. The standard InChI is InChI=1S/C21H20N4O3S/c1-28-16-7-8-19-18(13-16)15(14-23-19)11-12-22-20-9-10-21(25-24-20)29(26,27)17-5-3-2-4-6-17/h2-10,13-14,23H,11-12H2,1H3,(H,22,24). The smallest absolute Gasteiger partial charge is 0.225 e. The lowest BCUT2D eigenvalue weighted by molar-refractivity contribution is 0.415. The van der Waals surface area contributed by atoms with Gasteiger partial charge in [-0.25, -0.2) is 8.42 Å². The molecule has 0 atom stereocenters. The molecule has 2 aromatic carbocycles. The summed E-state index contributed by atoms with van der Waals surface area (Å²) in [6, 6.07) is 17.2. The van der Waals surface area contributed by atoms with Gasteiger partial charge < -0.3 is 15.0 Å². The van der Waals surface area contributed by atoms with Crippen LogP contribution >= 0.6 is 0 Å². The summed E-state index contributed by atoms with van der Waals surface area (Å²) in [6.07, 6.45) is 2.74. The fourth-order valence-electron chi connectivity index (χ4n) is 3.09. The minimum Gasteiger partial charge on any atom is -0.497 e. The van der Waals surface area contributed by atoms with E-state index in [0.29, 0.717) is 12.4 Å². The number of aromatic nitrogens is 3. The van der Waals surface area contributed by atoms with E-state index >= 15 is 0 Å². The third-order valence-corrected chi connectivity index (χ3v) is 6.31. The summed E-state index contributed by atoms with van der Waals surface area (Å²) in [5.74, 6) is 1.34. The van der Waals surface area contributed by atoms with Crippen molar-refractivity contribution in [2.45, 2.75) is 16.3 Å². The largest absolute Gasteiger partial charge is 0.497 e. The van der Waals surface area contributed by atoms with Crippen LogP contribution in [0.4, 0.5) is 5.82 Å². The van der Waals surface area contributed by atoms with E-state index < -0.39 is 9.84 Å². The van der Waals surface area contributed by atoms with Gasteiger partial charge in [-0.3, -0.25) is 0 Å². The Balaban J connectivity index is 1.43. The number of nitrogens with zero attached hydrogens (tertiary/aromatic N) is 2. The van der Waals surface area contributed by atoms with E-state index in [2.05, 4.69) is 20.5 Å². The number of hydrogen-bond acceptors (Lipinski definition) is 6. The molecule has 0 spiro atoms. The minimum atomic E-state index is -3.66. The summed E-state index contributed by atoms with van der Waals surface area (Å²) in [6.45, 7) is 0.629. The number of H-pyrrole nitrogens is 1. The van der Waals surface area contributed by atoms with Crippen LogP contribution in [0.3, 0.4) is 0 Å². The zero-order valence-electron chi connectivity index (χ0n) is 15.8. The number of fused-ring (bicyclic) bond motifs is 1. The number of nitrogens with one attached hydrogen (secondary N) is 2. The van der Waals surface area contributed by atoms with Crippen molar-refractivity contribution >= 4 is 26.6 Å². The van der Waals surface area contributed by atoms with E-state index in [4.69, 9.17) is 4.74 Å². The van der Waals surface area contributed by atoms with Gasteiger partial charge in [0.25, 0.3) is 0 Å². The predicted octanol–water partition coefficient (Wildman–Crippen LogP) is 3.45. The Bertz CT molecular complexity index is 1220. The van der Waals surface area contributed by atoms with Gasteiger partial charge in [0.15, 0.2) is 5.03 Å². The highest BCUT2D eigenvalue weighted by Gasteiger charge is 2.19. The molecule has 0 saturated heterocycles.